The lowest BCUT2D eigenvalue weighted by Crippen LogP contribution is -1.97. The van der Waals surface area contributed by atoms with E-state index in [9.17, 15) is 4.39 Å². The minimum atomic E-state index is -0.366. The van der Waals surface area contributed by atoms with Crippen molar-refractivity contribution in [2.45, 2.75) is 0 Å². The number of hydrogen-bond acceptors (Lipinski definition) is 2. The van der Waals surface area contributed by atoms with Gasteiger partial charge in [0.25, 0.3) is 0 Å². The molecule has 3 nitrogen and oxygen atoms in total. The maximum absolute atomic E-state index is 13.5. The van der Waals surface area contributed by atoms with Gasteiger partial charge in [-0.05, 0) is 18.2 Å². The van der Waals surface area contributed by atoms with E-state index < -0.39 is 0 Å². The molecule has 15 heavy (non-hydrogen) atoms. The molecule has 1 aromatic carbocycles. The molecule has 2 rings (SSSR count). The van der Waals surface area contributed by atoms with Crippen molar-refractivity contribution in [2.75, 3.05) is 5.73 Å². The zero-order valence-corrected chi connectivity index (χ0v) is 8.79. The Kier molecular flexibility index (Phi) is 2.36. The largest absolute Gasteiger partial charge is 0.396 e. The molecule has 1 heterocycles. The summed E-state index contributed by atoms with van der Waals surface area (Å²) in [7, 11) is 1.70. The number of halogens is 2. The van der Waals surface area contributed by atoms with Crippen molar-refractivity contribution in [3.63, 3.8) is 0 Å². The lowest BCUT2D eigenvalue weighted by atomic mass is 10.1. The number of rotatable bonds is 1. The molecular formula is C10H9ClFN3. The maximum Gasteiger partial charge on any atom is 0.132 e. The molecule has 78 valence electrons. The van der Waals surface area contributed by atoms with Gasteiger partial charge in [0.1, 0.15) is 5.82 Å². The second-order valence-corrected chi connectivity index (χ2v) is 3.63. The first kappa shape index (κ1) is 9.98. The van der Waals surface area contributed by atoms with E-state index in [1.54, 1.807) is 7.05 Å². The third-order valence-electron chi connectivity index (χ3n) is 2.15. The van der Waals surface area contributed by atoms with Gasteiger partial charge in [-0.15, -0.1) is 0 Å². The summed E-state index contributed by atoms with van der Waals surface area (Å²) in [6.45, 7) is 0. The highest BCUT2D eigenvalue weighted by Gasteiger charge is 2.13. The SMILES string of the molecule is Cn1ncc(N)c1-c1cc(Cl)ccc1F. The van der Waals surface area contributed by atoms with E-state index in [4.69, 9.17) is 17.3 Å². The fourth-order valence-corrected chi connectivity index (χ4v) is 1.64. The van der Waals surface area contributed by atoms with Gasteiger partial charge in [-0.3, -0.25) is 4.68 Å². The Bertz CT molecular complexity index is 488. The Morgan fingerprint density at radius 3 is 2.80 bits per heavy atom. The molecule has 5 heteroatoms. The molecule has 0 aliphatic heterocycles. The Morgan fingerprint density at radius 2 is 2.20 bits per heavy atom. The average Bonchev–Trinajstić information content (AvgIpc) is 2.51. The van der Waals surface area contributed by atoms with Crippen LogP contribution in [-0.2, 0) is 7.05 Å². The van der Waals surface area contributed by atoms with E-state index in [1.807, 2.05) is 0 Å². The summed E-state index contributed by atoms with van der Waals surface area (Å²) in [5, 5.41) is 4.41. The van der Waals surface area contributed by atoms with Crippen LogP contribution in [-0.4, -0.2) is 9.78 Å². The minimum Gasteiger partial charge on any atom is -0.396 e. The fraction of sp³-hybridized carbons (Fsp3) is 0.100. The van der Waals surface area contributed by atoms with Crippen molar-refractivity contribution >= 4 is 17.3 Å². The highest BCUT2D eigenvalue weighted by atomic mass is 35.5. The Balaban J connectivity index is 2.68. The van der Waals surface area contributed by atoms with Crippen molar-refractivity contribution in [1.29, 1.82) is 0 Å². The van der Waals surface area contributed by atoms with E-state index in [-0.39, 0.29) is 5.82 Å². The Labute approximate surface area is 91.3 Å². The molecule has 2 aromatic rings. The fourth-order valence-electron chi connectivity index (χ4n) is 1.46. The molecule has 2 N–H and O–H groups in total. The zero-order chi connectivity index (χ0) is 11.0. The highest BCUT2D eigenvalue weighted by molar-refractivity contribution is 6.30. The molecule has 0 fully saturated rings. The summed E-state index contributed by atoms with van der Waals surface area (Å²) in [5.74, 6) is -0.366. The van der Waals surface area contributed by atoms with Gasteiger partial charge < -0.3 is 5.73 Å². The van der Waals surface area contributed by atoms with Crippen LogP contribution in [0.25, 0.3) is 11.3 Å². The van der Waals surface area contributed by atoms with Gasteiger partial charge in [0.2, 0.25) is 0 Å². The summed E-state index contributed by atoms with van der Waals surface area (Å²) in [6, 6.07) is 4.33. The van der Waals surface area contributed by atoms with Crippen LogP contribution in [0.5, 0.6) is 0 Å². The highest BCUT2D eigenvalue weighted by Crippen LogP contribution is 2.29. The summed E-state index contributed by atoms with van der Waals surface area (Å²) in [6.07, 6.45) is 1.48. The lowest BCUT2D eigenvalue weighted by Gasteiger charge is -2.05. The molecule has 0 aliphatic carbocycles. The normalized spacial score (nSPS) is 10.6. The molecule has 0 spiro atoms. The van der Waals surface area contributed by atoms with Gasteiger partial charge >= 0.3 is 0 Å². The third kappa shape index (κ3) is 1.68. The molecule has 0 radical (unpaired) electrons. The third-order valence-corrected chi connectivity index (χ3v) is 2.39. The summed E-state index contributed by atoms with van der Waals surface area (Å²) >= 11 is 5.80. The molecule has 0 aliphatic rings. The summed E-state index contributed by atoms with van der Waals surface area (Å²) in [5.41, 5.74) is 7.03. The number of benzene rings is 1. The average molecular weight is 226 g/mol. The molecule has 0 bridgehead atoms. The quantitative estimate of drug-likeness (QED) is 0.810. The topological polar surface area (TPSA) is 43.8 Å². The van der Waals surface area contributed by atoms with Crippen molar-refractivity contribution in [3.05, 3.63) is 35.2 Å². The summed E-state index contributed by atoms with van der Waals surface area (Å²) in [4.78, 5) is 0. The molecule has 0 saturated carbocycles. The Morgan fingerprint density at radius 1 is 1.47 bits per heavy atom. The van der Waals surface area contributed by atoms with Crippen LogP contribution in [0.4, 0.5) is 10.1 Å². The van der Waals surface area contributed by atoms with E-state index in [2.05, 4.69) is 5.10 Å². The van der Waals surface area contributed by atoms with Gasteiger partial charge in [-0.1, -0.05) is 11.6 Å². The number of nitrogen functional groups attached to an aromatic ring is 1. The monoisotopic (exact) mass is 225 g/mol. The van der Waals surface area contributed by atoms with Gasteiger partial charge in [0, 0.05) is 17.6 Å². The summed E-state index contributed by atoms with van der Waals surface area (Å²) < 4.78 is 15.1. The van der Waals surface area contributed by atoms with E-state index in [0.717, 1.165) is 0 Å². The van der Waals surface area contributed by atoms with Crippen molar-refractivity contribution < 1.29 is 4.39 Å². The van der Waals surface area contributed by atoms with Gasteiger partial charge in [0.15, 0.2) is 0 Å². The Hall–Kier alpha value is -1.55. The number of aryl methyl sites for hydroxylation is 1. The second kappa shape index (κ2) is 3.55. The van der Waals surface area contributed by atoms with E-state index in [0.29, 0.717) is 22.0 Å². The number of nitrogens with two attached hydrogens (primary N) is 1. The smallest absolute Gasteiger partial charge is 0.132 e. The number of aromatic nitrogens is 2. The first-order valence-electron chi connectivity index (χ1n) is 4.32. The molecule has 0 amide bonds. The van der Waals surface area contributed by atoms with Crippen LogP contribution >= 0.6 is 11.6 Å². The van der Waals surface area contributed by atoms with Crippen LogP contribution in [0.2, 0.25) is 5.02 Å². The van der Waals surface area contributed by atoms with Crippen LogP contribution in [0.1, 0.15) is 0 Å². The molecule has 0 saturated heterocycles. The van der Waals surface area contributed by atoms with Crippen molar-refractivity contribution in [2.24, 2.45) is 7.05 Å². The van der Waals surface area contributed by atoms with E-state index in [1.165, 1.54) is 29.1 Å². The standard InChI is InChI=1S/C10H9ClFN3/c1-15-10(9(13)5-14-15)7-4-6(11)2-3-8(7)12/h2-5H,13H2,1H3. The van der Waals surface area contributed by atoms with Gasteiger partial charge in [-0.25, -0.2) is 4.39 Å². The molecule has 1 aromatic heterocycles. The maximum atomic E-state index is 13.5. The first-order chi connectivity index (χ1) is 7.09. The van der Waals surface area contributed by atoms with Crippen molar-refractivity contribution in [1.82, 2.24) is 9.78 Å². The molecule has 0 atom stereocenters. The van der Waals surface area contributed by atoms with Crippen LogP contribution < -0.4 is 5.73 Å². The number of nitrogens with zero attached hydrogens (tertiary/aromatic N) is 2. The van der Waals surface area contributed by atoms with Crippen LogP contribution in [0.15, 0.2) is 24.4 Å². The molecular weight excluding hydrogens is 217 g/mol. The number of anilines is 1. The molecule has 0 unspecified atom stereocenters. The predicted molar refractivity (Wildman–Crippen MR) is 58.0 cm³/mol. The van der Waals surface area contributed by atoms with Crippen molar-refractivity contribution in [3.8, 4) is 11.3 Å². The van der Waals surface area contributed by atoms with Crippen LogP contribution in [0.3, 0.4) is 0 Å². The lowest BCUT2D eigenvalue weighted by molar-refractivity contribution is 0.628. The van der Waals surface area contributed by atoms with E-state index >= 15 is 0 Å². The predicted octanol–water partition coefficient (Wildman–Crippen LogP) is 2.46. The minimum absolute atomic E-state index is 0.361. The first-order valence-corrected chi connectivity index (χ1v) is 4.70. The second-order valence-electron chi connectivity index (χ2n) is 3.20. The number of hydrogen-bond donors (Lipinski definition) is 1. The van der Waals surface area contributed by atoms with Gasteiger partial charge in [-0.2, -0.15) is 5.10 Å². The van der Waals surface area contributed by atoms with Gasteiger partial charge in [0.05, 0.1) is 17.6 Å². The van der Waals surface area contributed by atoms with Crippen LogP contribution in [0, 0.1) is 5.82 Å². The zero-order valence-electron chi connectivity index (χ0n) is 8.04.